The van der Waals surface area contributed by atoms with Crippen LogP contribution in [0.25, 0.3) is 0 Å². The predicted octanol–water partition coefficient (Wildman–Crippen LogP) is 2.95. The van der Waals surface area contributed by atoms with Crippen molar-refractivity contribution >= 4 is 0 Å². The van der Waals surface area contributed by atoms with Gasteiger partial charge in [0, 0.05) is 12.1 Å². The summed E-state index contributed by atoms with van der Waals surface area (Å²) in [6, 6.07) is 1.70. The Morgan fingerprint density at radius 1 is 1.07 bits per heavy atom. The van der Waals surface area contributed by atoms with Crippen LogP contribution in [0.4, 0.5) is 0 Å². The zero-order valence-electron chi connectivity index (χ0n) is 9.77. The molecule has 1 heteroatoms. The molecule has 2 unspecified atom stereocenters. The van der Waals surface area contributed by atoms with E-state index in [1.807, 2.05) is 0 Å². The fourth-order valence-electron chi connectivity index (χ4n) is 3.99. The first-order valence-electron chi connectivity index (χ1n) is 6.30. The van der Waals surface area contributed by atoms with Crippen LogP contribution >= 0.6 is 0 Å². The third-order valence-electron chi connectivity index (χ3n) is 5.81. The molecule has 3 rings (SSSR count). The SMILES string of the molecule is CC1(C)C2CC[C@]1(C)C(NC1CC1)C2. The van der Waals surface area contributed by atoms with Crippen LogP contribution in [0.2, 0.25) is 0 Å². The molecular weight excluding hydrogens is 170 g/mol. The highest BCUT2D eigenvalue weighted by Gasteiger charge is 2.61. The first-order valence-corrected chi connectivity index (χ1v) is 6.30. The van der Waals surface area contributed by atoms with Crippen molar-refractivity contribution in [3.8, 4) is 0 Å². The topological polar surface area (TPSA) is 12.0 Å². The van der Waals surface area contributed by atoms with Crippen molar-refractivity contribution in [3.63, 3.8) is 0 Å². The Hall–Kier alpha value is -0.0400. The summed E-state index contributed by atoms with van der Waals surface area (Å²) in [5, 5.41) is 3.88. The zero-order chi connectivity index (χ0) is 9.97. The minimum absolute atomic E-state index is 0.583. The van der Waals surface area contributed by atoms with Crippen LogP contribution in [0.15, 0.2) is 0 Å². The molecule has 3 saturated carbocycles. The van der Waals surface area contributed by atoms with Gasteiger partial charge < -0.3 is 5.32 Å². The normalized spacial score (nSPS) is 49.9. The molecule has 0 spiro atoms. The van der Waals surface area contributed by atoms with Crippen LogP contribution in [-0.2, 0) is 0 Å². The summed E-state index contributed by atoms with van der Waals surface area (Å²) in [6.07, 6.45) is 7.23. The molecular formula is C13H23N. The molecule has 3 aliphatic carbocycles. The van der Waals surface area contributed by atoms with Gasteiger partial charge in [-0.15, -0.1) is 0 Å². The summed E-state index contributed by atoms with van der Waals surface area (Å²) < 4.78 is 0. The Labute approximate surface area is 87.7 Å². The lowest BCUT2D eigenvalue weighted by Crippen LogP contribution is -2.45. The van der Waals surface area contributed by atoms with Gasteiger partial charge in [0.15, 0.2) is 0 Å². The Morgan fingerprint density at radius 3 is 2.21 bits per heavy atom. The van der Waals surface area contributed by atoms with Crippen molar-refractivity contribution in [2.45, 2.75) is 65.0 Å². The molecule has 3 atom stereocenters. The maximum atomic E-state index is 3.88. The van der Waals surface area contributed by atoms with Gasteiger partial charge in [0.2, 0.25) is 0 Å². The molecule has 80 valence electrons. The Bertz CT molecular complexity index is 254. The second kappa shape index (κ2) is 2.55. The predicted molar refractivity (Wildman–Crippen MR) is 59.2 cm³/mol. The van der Waals surface area contributed by atoms with E-state index >= 15 is 0 Å². The maximum Gasteiger partial charge on any atom is 0.0131 e. The fraction of sp³-hybridized carbons (Fsp3) is 1.00. The molecule has 3 fully saturated rings. The molecule has 0 aliphatic heterocycles. The van der Waals surface area contributed by atoms with E-state index in [1.54, 1.807) is 0 Å². The summed E-state index contributed by atoms with van der Waals surface area (Å²) in [7, 11) is 0. The molecule has 2 bridgehead atoms. The van der Waals surface area contributed by atoms with Crippen molar-refractivity contribution in [3.05, 3.63) is 0 Å². The van der Waals surface area contributed by atoms with Crippen LogP contribution in [-0.4, -0.2) is 12.1 Å². The van der Waals surface area contributed by atoms with E-state index in [0.717, 1.165) is 18.0 Å². The van der Waals surface area contributed by atoms with Crippen LogP contribution in [0, 0.1) is 16.7 Å². The lowest BCUT2D eigenvalue weighted by atomic mass is 9.69. The number of hydrogen-bond acceptors (Lipinski definition) is 1. The molecule has 0 aromatic rings. The Kier molecular flexibility index (Phi) is 1.68. The third-order valence-corrected chi connectivity index (χ3v) is 5.81. The van der Waals surface area contributed by atoms with Gasteiger partial charge in [0.05, 0.1) is 0 Å². The van der Waals surface area contributed by atoms with Gasteiger partial charge in [0.25, 0.3) is 0 Å². The van der Waals surface area contributed by atoms with Crippen LogP contribution < -0.4 is 5.32 Å². The average Bonchev–Trinajstić information content (AvgIpc) is 2.85. The van der Waals surface area contributed by atoms with Crippen molar-refractivity contribution < 1.29 is 0 Å². The monoisotopic (exact) mass is 193 g/mol. The number of hydrogen-bond donors (Lipinski definition) is 1. The van der Waals surface area contributed by atoms with Gasteiger partial charge >= 0.3 is 0 Å². The molecule has 0 heterocycles. The van der Waals surface area contributed by atoms with Crippen molar-refractivity contribution in [1.82, 2.24) is 5.32 Å². The Morgan fingerprint density at radius 2 is 1.79 bits per heavy atom. The molecule has 0 aromatic carbocycles. The summed E-state index contributed by atoms with van der Waals surface area (Å²) in [5.41, 5.74) is 1.17. The first kappa shape index (κ1) is 9.21. The van der Waals surface area contributed by atoms with Crippen molar-refractivity contribution in [2.24, 2.45) is 16.7 Å². The zero-order valence-corrected chi connectivity index (χ0v) is 9.77. The van der Waals surface area contributed by atoms with Gasteiger partial charge in [0.1, 0.15) is 0 Å². The largest absolute Gasteiger partial charge is 0.311 e. The standard InChI is InChI=1S/C13H23N/c1-12(2)9-6-7-13(12,3)11(8-9)14-10-4-5-10/h9-11,14H,4-8H2,1-3H3/t9?,11?,13-/m1/s1. The van der Waals surface area contributed by atoms with Crippen molar-refractivity contribution in [1.29, 1.82) is 0 Å². The van der Waals surface area contributed by atoms with Crippen molar-refractivity contribution in [2.75, 3.05) is 0 Å². The van der Waals surface area contributed by atoms with Gasteiger partial charge in [-0.3, -0.25) is 0 Å². The first-order chi connectivity index (χ1) is 6.54. The quantitative estimate of drug-likeness (QED) is 0.711. The summed E-state index contributed by atoms with van der Waals surface area (Å²) >= 11 is 0. The average molecular weight is 193 g/mol. The van der Waals surface area contributed by atoms with Gasteiger partial charge in [-0.1, -0.05) is 20.8 Å². The van der Waals surface area contributed by atoms with Gasteiger partial charge in [-0.2, -0.15) is 0 Å². The lowest BCUT2D eigenvalue weighted by molar-refractivity contribution is 0.120. The van der Waals surface area contributed by atoms with Gasteiger partial charge in [-0.25, -0.2) is 0 Å². The molecule has 1 N–H and O–H groups in total. The number of rotatable bonds is 2. The van der Waals surface area contributed by atoms with E-state index < -0.39 is 0 Å². The number of fused-ring (bicyclic) bond motifs is 2. The van der Waals surface area contributed by atoms with E-state index in [4.69, 9.17) is 0 Å². The van der Waals surface area contributed by atoms with Gasteiger partial charge in [-0.05, 0) is 48.9 Å². The highest BCUT2D eigenvalue weighted by molar-refractivity contribution is 5.13. The van der Waals surface area contributed by atoms with Crippen LogP contribution in [0.5, 0.6) is 0 Å². The Balaban J connectivity index is 1.83. The molecule has 1 nitrogen and oxygen atoms in total. The second-order valence-electron chi connectivity index (χ2n) is 6.60. The number of nitrogens with one attached hydrogen (secondary N) is 1. The molecule has 0 amide bonds. The fourth-order valence-corrected chi connectivity index (χ4v) is 3.99. The van der Waals surface area contributed by atoms with Crippen LogP contribution in [0.1, 0.15) is 52.9 Å². The molecule has 0 aromatic heterocycles. The highest BCUT2D eigenvalue weighted by atomic mass is 15.0. The van der Waals surface area contributed by atoms with E-state index in [0.29, 0.717) is 10.8 Å². The maximum absolute atomic E-state index is 3.88. The van der Waals surface area contributed by atoms with E-state index in [2.05, 4.69) is 26.1 Å². The molecule has 0 saturated heterocycles. The minimum Gasteiger partial charge on any atom is -0.311 e. The molecule has 0 radical (unpaired) electrons. The second-order valence-corrected chi connectivity index (χ2v) is 6.60. The smallest absolute Gasteiger partial charge is 0.0131 e. The van der Waals surface area contributed by atoms with E-state index in [9.17, 15) is 0 Å². The summed E-state index contributed by atoms with van der Waals surface area (Å²) in [4.78, 5) is 0. The highest BCUT2D eigenvalue weighted by Crippen LogP contribution is 2.65. The molecule has 3 aliphatic rings. The van der Waals surface area contributed by atoms with E-state index in [1.165, 1.54) is 32.1 Å². The minimum atomic E-state index is 0.583. The van der Waals surface area contributed by atoms with E-state index in [-0.39, 0.29) is 0 Å². The lowest BCUT2D eigenvalue weighted by Gasteiger charge is -2.39. The summed E-state index contributed by atoms with van der Waals surface area (Å²) in [6.45, 7) is 7.53. The molecule has 14 heavy (non-hydrogen) atoms. The third kappa shape index (κ3) is 0.997. The summed E-state index contributed by atoms with van der Waals surface area (Å²) in [5.74, 6) is 0.990. The van der Waals surface area contributed by atoms with Crippen LogP contribution in [0.3, 0.4) is 0 Å².